The standard InChI is InChI=1S/C14H19IO3/c1-9(13(17)18-14(2,3)4)7-10-8-11(16)5-6-12(10)15/h5-6,8-9,16H,7H2,1-4H3/t9-/m0/s1. The molecule has 18 heavy (non-hydrogen) atoms. The minimum Gasteiger partial charge on any atom is -0.508 e. The molecule has 0 unspecified atom stereocenters. The van der Waals surface area contributed by atoms with Gasteiger partial charge in [0.05, 0.1) is 5.92 Å². The van der Waals surface area contributed by atoms with Crippen molar-refractivity contribution in [3.8, 4) is 5.75 Å². The average Bonchev–Trinajstić information content (AvgIpc) is 2.21. The van der Waals surface area contributed by atoms with Crippen molar-refractivity contribution in [2.75, 3.05) is 0 Å². The van der Waals surface area contributed by atoms with Gasteiger partial charge in [-0.05, 0) is 73.5 Å². The van der Waals surface area contributed by atoms with Crippen molar-refractivity contribution < 1.29 is 14.6 Å². The average molecular weight is 362 g/mol. The Balaban J connectivity index is 2.72. The smallest absolute Gasteiger partial charge is 0.309 e. The summed E-state index contributed by atoms with van der Waals surface area (Å²) >= 11 is 2.20. The van der Waals surface area contributed by atoms with Crippen molar-refractivity contribution in [3.05, 3.63) is 27.3 Å². The van der Waals surface area contributed by atoms with Gasteiger partial charge in [-0.25, -0.2) is 0 Å². The largest absolute Gasteiger partial charge is 0.508 e. The number of hydrogen-bond donors (Lipinski definition) is 1. The number of phenolic OH excluding ortho intramolecular Hbond substituents is 1. The molecule has 0 bridgehead atoms. The highest BCUT2D eigenvalue weighted by atomic mass is 127. The van der Waals surface area contributed by atoms with Gasteiger partial charge in [-0.2, -0.15) is 0 Å². The van der Waals surface area contributed by atoms with E-state index in [9.17, 15) is 9.90 Å². The van der Waals surface area contributed by atoms with Crippen molar-refractivity contribution in [3.63, 3.8) is 0 Å². The van der Waals surface area contributed by atoms with E-state index in [-0.39, 0.29) is 17.6 Å². The number of carbonyl (C=O) groups excluding carboxylic acids is 1. The molecular weight excluding hydrogens is 343 g/mol. The Kier molecular flexibility index (Phi) is 5.01. The zero-order chi connectivity index (χ0) is 13.9. The predicted molar refractivity (Wildman–Crippen MR) is 79.5 cm³/mol. The van der Waals surface area contributed by atoms with Gasteiger partial charge >= 0.3 is 5.97 Å². The van der Waals surface area contributed by atoms with Gasteiger partial charge in [-0.3, -0.25) is 4.79 Å². The van der Waals surface area contributed by atoms with Gasteiger partial charge in [0.25, 0.3) is 0 Å². The molecule has 1 aromatic rings. The van der Waals surface area contributed by atoms with Gasteiger partial charge in [0, 0.05) is 3.57 Å². The van der Waals surface area contributed by atoms with Crippen LogP contribution in [-0.4, -0.2) is 16.7 Å². The molecule has 4 heteroatoms. The lowest BCUT2D eigenvalue weighted by Crippen LogP contribution is -2.28. The summed E-state index contributed by atoms with van der Waals surface area (Å²) in [7, 11) is 0. The highest BCUT2D eigenvalue weighted by molar-refractivity contribution is 14.1. The Morgan fingerprint density at radius 3 is 2.61 bits per heavy atom. The fourth-order valence-corrected chi connectivity index (χ4v) is 2.09. The van der Waals surface area contributed by atoms with Crippen molar-refractivity contribution in [2.24, 2.45) is 5.92 Å². The third-order valence-electron chi connectivity index (χ3n) is 2.36. The maximum atomic E-state index is 11.9. The number of rotatable bonds is 3. The van der Waals surface area contributed by atoms with Crippen LogP contribution >= 0.6 is 22.6 Å². The van der Waals surface area contributed by atoms with Crippen molar-refractivity contribution in [2.45, 2.75) is 39.7 Å². The second-order valence-electron chi connectivity index (χ2n) is 5.41. The molecule has 0 amide bonds. The molecule has 0 heterocycles. The summed E-state index contributed by atoms with van der Waals surface area (Å²) in [5.41, 5.74) is 0.506. The maximum Gasteiger partial charge on any atom is 0.309 e. The molecule has 1 rings (SSSR count). The number of aromatic hydroxyl groups is 1. The van der Waals surface area contributed by atoms with Crippen LogP contribution in [0, 0.1) is 9.49 Å². The van der Waals surface area contributed by atoms with Crippen LogP contribution in [0.3, 0.4) is 0 Å². The lowest BCUT2D eigenvalue weighted by molar-refractivity contribution is -0.159. The van der Waals surface area contributed by atoms with Crippen molar-refractivity contribution in [1.82, 2.24) is 0 Å². The van der Waals surface area contributed by atoms with E-state index in [4.69, 9.17) is 4.74 Å². The maximum absolute atomic E-state index is 11.9. The molecular formula is C14H19IO3. The highest BCUT2D eigenvalue weighted by Gasteiger charge is 2.22. The van der Waals surface area contributed by atoms with Gasteiger partial charge in [0.15, 0.2) is 0 Å². The first-order valence-corrected chi connectivity index (χ1v) is 6.97. The molecule has 100 valence electrons. The predicted octanol–water partition coefficient (Wildman–Crippen LogP) is 3.52. The van der Waals surface area contributed by atoms with Crippen LogP contribution in [0.25, 0.3) is 0 Å². The summed E-state index contributed by atoms with van der Waals surface area (Å²) in [5.74, 6) is -0.206. The normalized spacial score (nSPS) is 13.2. The summed E-state index contributed by atoms with van der Waals surface area (Å²) in [4.78, 5) is 11.9. The molecule has 3 nitrogen and oxygen atoms in total. The van der Waals surface area contributed by atoms with E-state index >= 15 is 0 Å². The molecule has 0 aliphatic rings. The van der Waals surface area contributed by atoms with E-state index < -0.39 is 5.60 Å². The minimum atomic E-state index is -0.461. The van der Waals surface area contributed by atoms with Gasteiger partial charge < -0.3 is 9.84 Å². The zero-order valence-electron chi connectivity index (χ0n) is 11.2. The molecule has 1 N–H and O–H groups in total. The van der Waals surface area contributed by atoms with E-state index in [1.165, 1.54) is 0 Å². The van der Waals surface area contributed by atoms with Gasteiger partial charge in [0.1, 0.15) is 11.4 Å². The monoisotopic (exact) mass is 362 g/mol. The van der Waals surface area contributed by atoms with E-state index in [0.29, 0.717) is 6.42 Å². The number of phenols is 1. The van der Waals surface area contributed by atoms with Crippen LogP contribution in [0.4, 0.5) is 0 Å². The third-order valence-corrected chi connectivity index (χ3v) is 3.42. The first kappa shape index (κ1) is 15.3. The summed E-state index contributed by atoms with van der Waals surface area (Å²) in [6.07, 6.45) is 0.571. The molecule has 1 atom stereocenters. The van der Waals surface area contributed by atoms with Crippen LogP contribution in [0.1, 0.15) is 33.3 Å². The zero-order valence-corrected chi connectivity index (χ0v) is 13.3. The fraction of sp³-hybridized carbons (Fsp3) is 0.500. The Labute approximate surface area is 122 Å². The topological polar surface area (TPSA) is 46.5 Å². The number of halogens is 1. The molecule has 0 radical (unpaired) electrons. The van der Waals surface area contributed by atoms with Crippen LogP contribution in [0.15, 0.2) is 18.2 Å². The molecule has 0 aromatic heterocycles. The van der Waals surface area contributed by atoms with E-state index in [1.54, 1.807) is 12.1 Å². The second kappa shape index (κ2) is 5.91. The lowest BCUT2D eigenvalue weighted by Gasteiger charge is -2.22. The lowest BCUT2D eigenvalue weighted by atomic mass is 10.0. The number of ether oxygens (including phenoxy) is 1. The van der Waals surface area contributed by atoms with Crippen molar-refractivity contribution >= 4 is 28.6 Å². The van der Waals surface area contributed by atoms with Crippen LogP contribution in [-0.2, 0) is 16.0 Å². The summed E-state index contributed by atoms with van der Waals surface area (Å²) < 4.78 is 6.38. The minimum absolute atomic E-state index is 0.207. The van der Waals surface area contributed by atoms with Gasteiger partial charge in [0.2, 0.25) is 0 Å². The second-order valence-corrected chi connectivity index (χ2v) is 6.58. The quantitative estimate of drug-likeness (QED) is 0.661. The third kappa shape index (κ3) is 4.84. The molecule has 1 aromatic carbocycles. The van der Waals surface area contributed by atoms with Crippen LogP contribution < -0.4 is 0 Å². The van der Waals surface area contributed by atoms with Gasteiger partial charge in [-0.15, -0.1) is 0 Å². The number of esters is 1. The Morgan fingerprint density at radius 1 is 1.44 bits per heavy atom. The first-order chi connectivity index (χ1) is 8.19. The number of benzene rings is 1. The Morgan fingerprint density at radius 2 is 2.06 bits per heavy atom. The van der Waals surface area contributed by atoms with E-state index in [1.807, 2.05) is 33.8 Å². The number of hydrogen-bond acceptors (Lipinski definition) is 3. The molecule has 0 spiro atoms. The number of carbonyl (C=O) groups is 1. The van der Waals surface area contributed by atoms with E-state index in [2.05, 4.69) is 22.6 Å². The summed E-state index contributed by atoms with van der Waals surface area (Å²) in [6, 6.07) is 5.18. The molecule has 0 saturated carbocycles. The molecule has 0 saturated heterocycles. The fourth-order valence-electron chi connectivity index (χ4n) is 1.53. The Hall–Kier alpha value is -0.780. The van der Waals surface area contributed by atoms with E-state index in [0.717, 1.165) is 9.13 Å². The molecule has 0 aliphatic carbocycles. The summed E-state index contributed by atoms with van der Waals surface area (Å²) in [6.45, 7) is 7.41. The first-order valence-electron chi connectivity index (χ1n) is 5.89. The van der Waals surface area contributed by atoms with Gasteiger partial charge in [-0.1, -0.05) is 6.92 Å². The molecule has 0 fully saturated rings. The SMILES string of the molecule is C[C@@H](Cc1cc(O)ccc1I)C(=O)OC(C)(C)C. The van der Waals surface area contributed by atoms with Crippen molar-refractivity contribution in [1.29, 1.82) is 0 Å². The molecule has 0 aliphatic heterocycles. The highest BCUT2D eigenvalue weighted by Crippen LogP contribution is 2.22. The Bertz CT molecular complexity index is 435. The van der Waals surface area contributed by atoms with Crippen LogP contribution in [0.5, 0.6) is 5.75 Å². The van der Waals surface area contributed by atoms with Crippen LogP contribution in [0.2, 0.25) is 0 Å². The summed E-state index contributed by atoms with van der Waals surface area (Å²) in [5, 5.41) is 9.46.